The van der Waals surface area contributed by atoms with E-state index in [4.69, 9.17) is 5.26 Å². The van der Waals surface area contributed by atoms with Gasteiger partial charge in [0.2, 0.25) is 0 Å². The Hall–Kier alpha value is -1.44. The van der Waals surface area contributed by atoms with Crippen molar-refractivity contribution in [2.45, 2.75) is 44.7 Å². The van der Waals surface area contributed by atoms with Crippen LogP contribution in [0.1, 0.15) is 43.9 Å². The Morgan fingerprint density at radius 3 is 2.89 bits per heavy atom. The van der Waals surface area contributed by atoms with E-state index in [0.717, 1.165) is 37.2 Å². The van der Waals surface area contributed by atoms with Crippen molar-refractivity contribution in [1.82, 2.24) is 10.3 Å². The van der Waals surface area contributed by atoms with Crippen molar-refractivity contribution in [3.05, 3.63) is 29.6 Å². The van der Waals surface area contributed by atoms with Crippen LogP contribution in [-0.4, -0.2) is 22.2 Å². The highest BCUT2D eigenvalue weighted by molar-refractivity contribution is 5.25. The van der Waals surface area contributed by atoms with E-state index in [1.165, 1.54) is 0 Å². The number of hydrogen-bond donors (Lipinski definition) is 2. The Kier molecular flexibility index (Phi) is 4.52. The summed E-state index contributed by atoms with van der Waals surface area (Å²) in [6.07, 6.45) is 6.01. The van der Waals surface area contributed by atoms with Crippen LogP contribution in [0.5, 0.6) is 0 Å². The lowest BCUT2D eigenvalue weighted by molar-refractivity contribution is 0.104. The predicted molar refractivity (Wildman–Crippen MR) is 73.2 cm³/mol. The van der Waals surface area contributed by atoms with E-state index < -0.39 is 0 Å². The third kappa shape index (κ3) is 3.52. The van der Waals surface area contributed by atoms with Gasteiger partial charge in [-0.05, 0) is 49.3 Å². The van der Waals surface area contributed by atoms with Gasteiger partial charge in [0.25, 0.3) is 0 Å². The molecular formula is C15H21N3O. The topological polar surface area (TPSA) is 68.9 Å². The summed E-state index contributed by atoms with van der Waals surface area (Å²) in [7, 11) is 0. The molecule has 19 heavy (non-hydrogen) atoms. The van der Waals surface area contributed by atoms with E-state index in [-0.39, 0.29) is 12.1 Å². The Morgan fingerprint density at radius 2 is 2.26 bits per heavy atom. The number of pyridine rings is 1. The Balaban J connectivity index is 1.98. The van der Waals surface area contributed by atoms with Crippen molar-refractivity contribution in [3.63, 3.8) is 0 Å². The molecule has 1 saturated carbocycles. The fourth-order valence-electron chi connectivity index (χ4n) is 2.64. The molecule has 0 aromatic carbocycles. The zero-order valence-corrected chi connectivity index (χ0v) is 11.4. The van der Waals surface area contributed by atoms with Crippen LogP contribution in [0.4, 0.5) is 0 Å². The molecule has 0 spiro atoms. The van der Waals surface area contributed by atoms with E-state index in [1.807, 2.05) is 12.1 Å². The van der Waals surface area contributed by atoms with Crippen molar-refractivity contribution in [2.75, 3.05) is 6.61 Å². The summed E-state index contributed by atoms with van der Waals surface area (Å²) in [5.74, 6) is 0.757. The quantitative estimate of drug-likeness (QED) is 0.867. The smallest absolute Gasteiger partial charge is 0.140 e. The average molecular weight is 259 g/mol. The van der Waals surface area contributed by atoms with E-state index in [2.05, 4.69) is 17.2 Å². The summed E-state index contributed by atoms with van der Waals surface area (Å²) >= 11 is 0. The molecule has 0 atom stereocenters. The van der Waals surface area contributed by atoms with Crippen LogP contribution in [0, 0.1) is 17.2 Å². The minimum absolute atomic E-state index is 0.150. The number of aliphatic hydroxyl groups is 1. The highest BCUT2D eigenvalue weighted by Gasteiger charge is 2.32. The lowest BCUT2D eigenvalue weighted by Crippen LogP contribution is -2.50. The Labute approximate surface area is 114 Å². The predicted octanol–water partition coefficient (Wildman–Crippen LogP) is 1.98. The highest BCUT2D eigenvalue weighted by Crippen LogP contribution is 2.31. The van der Waals surface area contributed by atoms with Crippen LogP contribution < -0.4 is 5.32 Å². The van der Waals surface area contributed by atoms with Gasteiger partial charge in [-0.15, -0.1) is 0 Å². The van der Waals surface area contributed by atoms with Gasteiger partial charge in [0.1, 0.15) is 11.8 Å². The molecule has 0 saturated heterocycles. The van der Waals surface area contributed by atoms with Gasteiger partial charge >= 0.3 is 0 Å². The molecule has 4 heteroatoms. The maximum absolute atomic E-state index is 9.68. The van der Waals surface area contributed by atoms with Crippen molar-refractivity contribution < 1.29 is 5.11 Å². The first-order valence-electron chi connectivity index (χ1n) is 6.88. The monoisotopic (exact) mass is 259 g/mol. The van der Waals surface area contributed by atoms with Crippen molar-refractivity contribution >= 4 is 0 Å². The number of nitrogens with zero attached hydrogens (tertiary/aromatic N) is 2. The molecule has 102 valence electrons. The van der Waals surface area contributed by atoms with Crippen molar-refractivity contribution in [2.24, 2.45) is 5.92 Å². The SMILES string of the molecule is CC1CCC(CO)(NCc2ccnc(C#N)c2)CC1. The van der Waals surface area contributed by atoms with Gasteiger partial charge in [0.15, 0.2) is 0 Å². The molecule has 1 fully saturated rings. The largest absolute Gasteiger partial charge is 0.394 e. The van der Waals surface area contributed by atoms with Gasteiger partial charge in [-0.1, -0.05) is 6.92 Å². The van der Waals surface area contributed by atoms with Crippen LogP contribution in [-0.2, 0) is 6.54 Å². The number of nitrogens with one attached hydrogen (secondary N) is 1. The Morgan fingerprint density at radius 1 is 1.53 bits per heavy atom. The number of hydrogen-bond acceptors (Lipinski definition) is 4. The second-order valence-corrected chi connectivity index (χ2v) is 5.64. The lowest BCUT2D eigenvalue weighted by Gasteiger charge is -2.39. The van der Waals surface area contributed by atoms with Crippen LogP contribution in [0.3, 0.4) is 0 Å². The van der Waals surface area contributed by atoms with Crippen molar-refractivity contribution in [3.8, 4) is 6.07 Å². The standard InChI is InChI=1S/C15H21N3O/c1-12-2-5-15(11-19,6-3-12)18-10-13-4-7-17-14(8-13)9-16/h4,7-8,12,18-19H,2-3,5-6,10-11H2,1H3. The molecule has 1 heterocycles. The van der Waals surface area contributed by atoms with Gasteiger partial charge < -0.3 is 10.4 Å². The molecule has 1 aliphatic rings. The summed E-state index contributed by atoms with van der Waals surface area (Å²) < 4.78 is 0. The molecule has 4 nitrogen and oxygen atoms in total. The number of aromatic nitrogens is 1. The third-order valence-corrected chi connectivity index (χ3v) is 4.14. The minimum atomic E-state index is -0.150. The fraction of sp³-hybridized carbons (Fsp3) is 0.600. The molecule has 2 rings (SSSR count). The van der Waals surface area contributed by atoms with E-state index in [9.17, 15) is 5.11 Å². The minimum Gasteiger partial charge on any atom is -0.394 e. The molecule has 1 aromatic rings. The average Bonchev–Trinajstić information content (AvgIpc) is 2.47. The summed E-state index contributed by atoms with van der Waals surface area (Å²) in [5.41, 5.74) is 1.33. The molecule has 0 bridgehead atoms. The van der Waals surface area contributed by atoms with E-state index in [1.54, 1.807) is 12.3 Å². The first-order chi connectivity index (χ1) is 9.17. The zero-order valence-electron chi connectivity index (χ0n) is 11.4. The lowest BCUT2D eigenvalue weighted by atomic mass is 9.77. The summed E-state index contributed by atoms with van der Waals surface area (Å²) in [4.78, 5) is 3.96. The molecule has 1 aromatic heterocycles. The highest BCUT2D eigenvalue weighted by atomic mass is 16.3. The maximum Gasteiger partial charge on any atom is 0.140 e. The molecule has 0 amide bonds. The maximum atomic E-state index is 9.68. The second-order valence-electron chi connectivity index (χ2n) is 5.64. The molecule has 0 unspecified atom stereocenters. The zero-order chi connectivity index (χ0) is 13.7. The first kappa shape index (κ1) is 14.0. The third-order valence-electron chi connectivity index (χ3n) is 4.14. The van der Waals surface area contributed by atoms with Crippen LogP contribution in [0.15, 0.2) is 18.3 Å². The molecule has 1 aliphatic carbocycles. The summed E-state index contributed by atoms with van der Waals surface area (Å²) in [6.45, 7) is 3.12. The van der Waals surface area contributed by atoms with Crippen molar-refractivity contribution in [1.29, 1.82) is 5.26 Å². The van der Waals surface area contributed by atoms with E-state index >= 15 is 0 Å². The second kappa shape index (κ2) is 6.14. The van der Waals surface area contributed by atoms with Gasteiger partial charge in [-0.2, -0.15) is 5.26 Å². The fourth-order valence-corrected chi connectivity index (χ4v) is 2.64. The van der Waals surface area contributed by atoms with Crippen LogP contribution in [0.2, 0.25) is 0 Å². The number of nitriles is 1. The van der Waals surface area contributed by atoms with Gasteiger partial charge in [-0.25, -0.2) is 4.98 Å². The molecule has 0 radical (unpaired) electrons. The first-order valence-corrected chi connectivity index (χ1v) is 6.88. The number of aliphatic hydroxyl groups excluding tert-OH is 1. The van der Waals surface area contributed by atoms with E-state index in [0.29, 0.717) is 12.2 Å². The summed E-state index contributed by atoms with van der Waals surface area (Å²) in [6, 6.07) is 5.75. The van der Waals surface area contributed by atoms with Gasteiger partial charge in [-0.3, -0.25) is 0 Å². The van der Waals surface area contributed by atoms with Gasteiger partial charge in [0, 0.05) is 18.3 Å². The Bertz CT molecular complexity index is 459. The molecule has 0 aliphatic heterocycles. The number of rotatable bonds is 4. The van der Waals surface area contributed by atoms with Crippen LogP contribution >= 0.6 is 0 Å². The van der Waals surface area contributed by atoms with Crippen LogP contribution in [0.25, 0.3) is 0 Å². The molecular weight excluding hydrogens is 238 g/mol. The molecule has 2 N–H and O–H groups in total. The summed E-state index contributed by atoms with van der Waals surface area (Å²) in [5, 5.41) is 22.0. The normalized spacial score (nSPS) is 26.9. The van der Waals surface area contributed by atoms with Gasteiger partial charge in [0.05, 0.1) is 6.61 Å².